The van der Waals surface area contributed by atoms with Gasteiger partial charge in [0.1, 0.15) is 5.75 Å². The second kappa shape index (κ2) is 7.51. The Morgan fingerprint density at radius 1 is 1.26 bits per heavy atom. The molecule has 0 spiro atoms. The van der Waals surface area contributed by atoms with Crippen LogP contribution in [-0.4, -0.2) is 23.8 Å². The molecule has 0 amide bonds. The lowest BCUT2D eigenvalue weighted by Crippen LogP contribution is -2.38. The van der Waals surface area contributed by atoms with Crippen LogP contribution >= 0.6 is 0 Å². The lowest BCUT2D eigenvalue weighted by Gasteiger charge is -2.25. The SMILES string of the molecule is CCOc1ccc(C)cc1C(O)C(C)NC(C)CC. The predicted molar refractivity (Wildman–Crippen MR) is 79.7 cm³/mol. The van der Waals surface area contributed by atoms with Crippen molar-refractivity contribution < 1.29 is 9.84 Å². The maximum absolute atomic E-state index is 10.5. The van der Waals surface area contributed by atoms with E-state index in [9.17, 15) is 5.11 Å². The van der Waals surface area contributed by atoms with E-state index >= 15 is 0 Å². The van der Waals surface area contributed by atoms with Gasteiger partial charge >= 0.3 is 0 Å². The molecule has 0 saturated carbocycles. The fraction of sp³-hybridized carbons (Fsp3) is 0.625. The molecule has 3 unspecified atom stereocenters. The molecule has 1 rings (SSSR count). The van der Waals surface area contributed by atoms with E-state index in [2.05, 4.69) is 19.2 Å². The summed E-state index contributed by atoms with van der Waals surface area (Å²) in [6.45, 7) is 10.9. The van der Waals surface area contributed by atoms with Crippen LogP contribution in [0.3, 0.4) is 0 Å². The molecule has 0 bridgehead atoms. The molecule has 19 heavy (non-hydrogen) atoms. The number of nitrogens with one attached hydrogen (secondary N) is 1. The van der Waals surface area contributed by atoms with Gasteiger partial charge in [-0.3, -0.25) is 0 Å². The quantitative estimate of drug-likeness (QED) is 0.795. The van der Waals surface area contributed by atoms with Gasteiger partial charge < -0.3 is 15.2 Å². The summed E-state index contributed by atoms with van der Waals surface area (Å²) in [6.07, 6.45) is 0.485. The van der Waals surface area contributed by atoms with Gasteiger partial charge in [-0.1, -0.05) is 18.6 Å². The molecular weight excluding hydrogens is 238 g/mol. The van der Waals surface area contributed by atoms with Crippen LogP contribution in [0.2, 0.25) is 0 Å². The minimum atomic E-state index is -0.560. The number of hydrogen-bond donors (Lipinski definition) is 2. The van der Waals surface area contributed by atoms with Gasteiger partial charge in [0.25, 0.3) is 0 Å². The Balaban J connectivity index is 2.90. The number of aliphatic hydroxyl groups is 1. The minimum Gasteiger partial charge on any atom is -0.493 e. The molecule has 1 aromatic carbocycles. The number of ether oxygens (including phenoxy) is 1. The van der Waals surface area contributed by atoms with Crippen molar-refractivity contribution in [2.24, 2.45) is 0 Å². The van der Waals surface area contributed by atoms with Crippen LogP contribution in [0.4, 0.5) is 0 Å². The summed E-state index contributed by atoms with van der Waals surface area (Å²) in [6, 6.07) is 6.34. The van der Waals surface area contributed by atoms with Crippen LogP contribution in [0.15, 0.2) is 18.2 Å². The zero-order chi connectivity index (χ0) is 14.4. The summed E-state index contributed by atoms with van der Waals surface area (Å²) in [4.78, 5) is 0. The second-order valence-electron chi connectivity index (χ2n) is 5.18. The van der Waals surface area contributed by atoms with Crippen molar-refractivity contribution in [2.75, 3.05) is 6.61 Å². The van der Waals surface area contributed by atoms with Crippen LogP contribution in [-0.2, 0) is 0 Å². The lowest BCUT2D eigenvalue weighted by atomic mass is 9.99. The van der Waals surface area contributed by atoms with Crippen LogP contribution in [0.5, 0.6) is 5.75 Å². The highest BCUT2D eigenvalue weighted by Crippen LogP contribution is 2.28. The van der Waals surface area contributed by atoms with Gasteiger partial charge in [0.2, 0.25) is 0 Å². The fourth-order valence-electron chi connectivity index (χ4n) is 2.11. The van der Waals surface area contributed by atoms with E-state index in [0.717, 1.165) is 23.3 Å². The van der Waals surface area contributed by atoms with Crippen molar-refractivity contribution >= 4 is 0 Å². The normalized spacial score (nSPS) is 15.9. The first-order chi connectivity index (χ1) is 8.99. The summed E-state index contributed by atoms with van der Waals surface area (Å²) in [5, 5.41) is 13.9. The maximum Gasteiger partial charge on any atom is 0.125 e. The molecule has 0 aliphatic carbocycles. The zero-order valence-electron chi connectivity index (χ0n) is 12.7. The van der Waals surface area contributed by atoms with E-state index in [1.54, 1.807) is 0 Å². The smallest absolute Gasteiger partial charge is 0.125 e. The van der Waals surface area contributed by atoms with Crippen molar-refractivity contribution in [2.45, 2.75) is 59.2 Å². The molecule has 108 valence electrons. The van der Waals surface area contributed by atoms with E-state index in [1.807, 2.05) is 39.0 Å². The summed E-state index contributed by atoms with van der Waals surface area (Å²) in [7, 11) is 0. The predicted octanol–water partition coefficient (Wildman–Crippen LogP) is 3.20. The third kappa shape index (κ3) is 4.51. The Morgan fingerprint density at radius 3 is 2.53 bits per heavy atom. The molecule has 2 N–H and O–H groups in total. The number of benzene rings is 1. The van der Waals surface area contributed by atoms with Crippen LogP contribution in [0.25, 0.3) is 0 Å². The van der Waals surface area contributed by atoms with Crippen LogP contribution in [0, 0.1) is 6.92 Å². The first kappa shape index (κ1) is 16.0. The number of hydrogen-bond acceptors (Lipinski definition) is 3. The molecule has 1 aromatic rings. The van der Waals surface area contributed by atoms with Gasteiger partial charge in [-0.25, -0.2) is 0 Å². The minimum absolute atomic E-state index is 0.00374. The van der Waals surface area contributed by atoms with E-state index in [-0.39, 0.29) is 6.04 Å². The highest BCUT2D eigenvalue weighted by Gasteiger charge is 2.21. The summed E-state index contributed by atoms with van der Waals surface area (Å²) >= 11 is 0. The van der Waals surface area contributed by atoms with Crippen LogP contribution < -0.4 is 10.1 Å². The Morgan fingerprint density at radius 2 is 1.95 bits per heavy atom. The molecule has 0 aliphatic heterocycles. The van der Waals surface area contributed by atoms with E-state index < -0.39 is 6.10 Å². The summed E-state index contributed by atoms with van der Waals surface area (Å²) in [5.41, 5.74) is 2.00. The van der Waals surface area contributed by atoms with Gasteiger partial charge in [-0.15, -0.1) is 0 Å². The monoisotopic (exact) mass is 265 g/mol. The third-order valence-electron chi connectivity index (χ3n) is 3.42. The molecule has 0 heterocycles. The van der Waals surface area contributed by atoms with Crippen molar-refractivity contribution in [1.29, 1.82) is 0 Å². The molecular formula is C16H27NO2. The van der Waals surface area contributed by atoms with Gasteiger partial charge in [-0.05, 0) is 46.2 Å². The molecule has 0 aromatic heterocycles. The average Bonchev–Trinajstić information content (AvgIpc) is 2.39. The van der Waals surface area contributed by atoms with E-state index in [4.69, 9.17) is 4.74 Å². The molecule has 3 heteroatoms. The molecule has 0 fully saturated rings. The first-order valence-corrected chi connectivity index (χ1v) is 7.17. The van der Waals surface area contributed by atoms with Crippen molar-refractivity contribution in [3.8, 4) is 5.75 Å². The third-order valence-corrected chi connectivity index (χ3v) is 3.42. The van der Waals surface area contributed by atoms with E-state index in [1.165, 1.54) is 0 Å². The van der Waals surface area contributed by atoms with Gasteiger partial charge in [0, 0.05) is 17.6 Å². The summed E-state index contributed by atoms with van der Waals surface area (Å²) in [5.74, 6) is 0.776. The lowest BCUT2D eigenvalue weighted by molar-refractivity contribution is 0.126. The Bertz CT molecular complexity index is 392. The number of rotatable bonds is 7. The van der Waals surface area contributed by atoms with Crippen molar-refractivity contribution in [1.82, 2.24) is 5.32 Å². The fourth-order valence-corrected chi connectivity index (χ4v) is 2.11. The average molecular weight is 265 g/mol. The van der Waals surface area contributed by atoms with Crippen molar-refractivity contribution in [3.63, 3.8) is 0 Å². The molecule has 0 radical (unpaired) electrons. The highest BCUT2D eigenvalue weighted by atomic mass is 16.5. The Labute approximate surface area is 117 Å². The zero-order valence-corrected chi connectivity index (χ0v) is 12.7. The highest BCUT2D eigenvalue weighted by molar-refractivity contribution is 5.39. The van der Waals surface area contributed by atoms with Gasteiger partial charge in [0.05, 0.1) is 12.7 Å². The van der Waals surface area contributed by atoms with Gasteiger partial charge in [0.15, 0.2) is 0 Å². The second-order valence-corrected chi connectivity index (χ2v) is 5.18. The summed E-state index contributed by atoms with van der Waals surface area (Å²) < 4.78 is 5.61. The molecule has 3 atom stereocenters. The Hall–Kier alpha value is -1.06. The number of aryl methyl sites for hydroxylation is 1. The van der Waals surface area contributed by atoms with Crippen molar-refractivity contribution in [3.05, 3.63) is 29.3 Å². The molecule has 3 nitrogen and oxygen atoms in total. The molecule has 0 saturated heterocycles. The van der Waals surface area contributed by atoms with E-state index in [0.29, 0.717) is 12.6 Å². The van der Waals surface area contributed by atoms with Gasteiger partial charge in [-0.2, -0.15) is 0 Å². The largest absolute Gasteiger partial charge is 0.493 e. The topological polar surface area (TPSA) is 41.5 Å². The standard InChI is InChI=1S/C16H27NO2/c1-6-12(4)17-13(5)16(18)14-10-11(3)8-9-15(14)19-7-2/h8-10,12-13,16-18H,6-7H2,1-5H3. The maximum atomic E-state index is 10.5. The number of aliphatic hydroxyl groups excluding tert-OH is 1. The van der Waals surface area contributed by atoms with Crippen LogP contribution in [0.1, 0.15) is 51.3 Å². The Kier molecular flexibility index (Phi) is 6.32. The molecule has 0 aliphatic rings. The first-order valence-electron chi connectivity index (χ1n) is 7.17.